The summed E-state index contributed by atoms with van der Waals surface area (Å²) in [5.74, 6) is -0.414. The lowest BCUT2D eigenvalue weighted by atomic mass is 9.76. The van der Waals surface area contributed by atoms with Crippen LogP contribution in [0.25, 0.3) is 0 Å². The third kappa shape index (κ3) is 2.49. The number of anilines is 1. The number of hydrogen-bond donors (Lipinski definition) is 2. The van der Waals surface area contributed by atoms with Crippen molar-refractivity contribution in [1.29, 1.82) is 0 Å². The average Bonchev–Trinajstić information content (AvgIpc) is 3.44. The second kappa shape index (κ2) is 6.84. The largest absolute Gasteiger partial charge is 0.326 e. The predicted octanol–water partition coefficient (Wildman–Crippen LogP) is 1.38. The van der Waals surface area contributed by atoms with Crippen molar-refractivity contribution in [3.63, 3.8) is 0 Å². The molecule has 0 aromatic heterocycles. The number of rotatable bonds is 4. The Balaban J connectivity index is 1.63. The van der Waals surface area contributed by atoms with Crippen LogP contribution in [0.5, 0.6) is 0 Å². The lowest BCUT2D eigenvalue weighted by Gasteiger charge is -2.28. The molecule has 3 heterocycles. The lowest BCUT2D eigenvalue weighted by Crippen LogP contribution is -2.99. The molecule has 3 fully saturated rings. The molecule has 4 aliphatic rings. The Bertz CT molecular complexity index is 897. The van der Waals surface area contributed by atoms with Crippen molar-refractivity contribution >= 4 is 35.2 Å². The number of para-hydroxylation sites is 1. The summed E-state index contributed by atoms with van der Waals surface area (Å²) >= 11 is 1.74. The van der Waals surface area contributed by atoms with Crippen molar-refractivity contribution in [2.45, 2.75) is 56.7 Å². The molecule has 1 aromatic rings. The van der Waals surface area contributed by atoms with Gasteiger partial charge in [0.25, 0.3) is 5.91 Å². The van der Waals surface area contributed by atoms with Gasteiger partial charge in [-0.3, -0.25) is 19.3 Å². The Morgan fingerprint density at radius 3 is 2.69 bits per heavy atom. The summed E-state index contributed by atoms with van der Waals surface area (Å²) in [5, 5.41) is 5.11. The number of fused-ring (bicyclic) bond motifs is 4. The highest BCUT2D eigenvalue weighted by molar-refractivity contribution is 7.98. The van der Waals surface area contributed by atoms with Gasteiger partial charge in [-0.25, -0.2) is 0 Å². The van der Waals surface area contributed by atoms with Crippen LogP contribution in [0.2, 0.25) is 0 Å². The third-order valence-electron chi connectivity index (χ3n) is 7.49. The molecule has 3 amide bonds. The van der Waals surface area contributed by atoms with Crippen molar-refractivity contribution in [3.05, 3.63) is 29.3 Å². The van der Waals surface area contributed by atoms with Crippen LogP contribution in [0.15, 0.2) is 18.2 Å². The number of nitrogens with two attached hydrogens (primary N) is 1. The average molecular weight is 415 g/mol. The van der Waals surface area contributed by atoms with Crippen LogP contribution in [0.3, 0.4) is 0 Å². The Morgan fingerprint density at radius 2 is 1.97 bits per heavy atom. The first kappa shape index (κ1) is 19.1. The topological polar surface area (TPSA) is 83.1 Å². The molecule has 0 unspecified atom stereocenters. The molecule has 1 aromatic carbocycles. The molecule has 1 spiro atoms. The van der Waals surface area contributed by atoms with Gasteiger partial charge < -0.3 is 10.6 Å². The van der Waals surface area contributed by atoms with Crippen LogP contribution in [0.1, 0.15) is 43.2 Å². The number of hydrogen-bond acceptors (Lipinski definition) is 4. The molecule has 5 rings (SSSR count). The molecule has 29 heavy (non-hydrogen) atoms. The molecule has 3 N–H and O–H groups in total. The second-order valence-corrected chi connectivity index (χ2v) is 9.91. The fraction of sp³-hybridized carbons (Fsp3) is 0.591. The minimum atomic E-state index is -1.02. The van der Waals surface area contributed by atoms with Crippen molar-refractivity contribution < 1.29 is 19.7 Å². The Hall–Kier alpha value is -1.86. The zero-order chi connectivity index (χ0) is 20.3. The van der Waals surface area contributed by atoms with E-state index in [4.69, 9.17) is 0 Å². The minimum Gasteiger partial charge on any atom is -0.326 e. The quantitative estimate of drug-likeness (QED) is 0.730. The van der Waals surface area contributed by atoms with Crippen LogP contribution in [-0.4, -0.2) is 46.7 Å². The Kier molecular flexibility index (Phi) is 4.51. The third-order valence-corrected chi connectivity index (χ3v) is 8.14. The maximum absolute atomic E-state index is 13.7. The zero-order valence-electron chi connectivity index (χ0n) is 16.9. The second-order valence-electron chi connectivity index (χ2n) is 8.92. The number of quaternary nitrogens is 1. The summed E-state index contributed by atoms with van der Waals surface area (Å²) in [6, 6.07) is 5.85. The summed E-state index contributed by atoms with van der Waals surface area (Å²) in [5.41, 5.74) is 1.67. The smallest absolute Gasteiger partial charge is 0.291 e. The van der Waals surface area contributed by atoms with Crippen LogP contribution in [0, 0.1) is 18.8 Å². The monoisotopic (exact) mass is 414 g/mol. The van der Waals surface area contributed by atoms with Gasteiger partial charge in [-0.15, -0.1) is 0 Å². The van der Waals surface area contributed by atoms with Crippen molar-refractivity contribution in [3.8, 4) is 0 Å². The number of aryl methyl sites for hydroxylation is 1. The van der Waals surface area contributed by atoms with E-state index >= 15 is 0 Å². The van der Waals surface area contributed by atoms with Crippen molar-refractivity contribution in [1.82, 2.24) is 4.90 Å². The molecule has 154 valence electrons. The van der Waals surface area contributed by atoms with Crippen molar-refractivity contribution in [2.24, 2.45) is 11.8 Å². The van der Waals surface area contributed by atoms with Gasteiger partial charge in [0.1, 0.15) is 17.9 Å². The van der Waals surface area contributed by atoms with E-state index in [2.05, 4.69) is 16.9 Å². The SMILES string of the molecule is CSCC[C@@H]1[NH2+][C@]2(C(=O)Nc3c(C)cccc32)[C@@H]2C(=O)N(C3CCCC3)C(=O)[C@H]12. The van der Waals surface area contributed by atoms with Gasteiger partial charge in [-0.05, 0) is 37.3 Å². The van der Waals surface area contributed by atoms with E-state index in [-0.39, 0.29) is 29.8 Å². The first-order chi connectivity index (χ1) is 14.0. The van der Waals surface area contributed by atoms with E-state index in [0.717, 1.165) is 54.7 Å². The van der Waals surface area contributed by atoms with E-state index in [0.29, 0.717) is 0 Å². The summed E-state index contributed by atoms with van der Waals surface area (Å²) in [6.45, 7) is 1.97. The fourth-order valence-corrected chi connectivity index (χ4v) is 6.71. The minimum absolute atomic E-state index is 0.0142. The number of nitrogens with zero attached hydrogens (tertiary/aromatic N) is 1. The number of imide groups is 1. The highest BCUT2D eigenvalue weighted by Gasteiger charge is 2.74. The molecule has 1 aliphatic carbocycles. The summed E-state index contributed by atoms with van der Waals surface area (Å²) in [7, 11) is 0. The van der Waals surface area contributed by atoms with Gasteiger partial charge in [0, 0.05) is 18.0 Å². The predicted molar refractivity (Wildman–Crippen MR) is 111 cm³/mol. The number of nitrogens with one attached hydrogen (secondary N) is 1. The Morgan fingerprint density at radius 1 is 1.21 bits per heavy atom. The van der Waals surface area contributed by atoms with E-state index in [1.165, 1.54) is 0 Å². The van der Waals surface area contributed by atoms with Gasteiger partial charge in [-0.2, -0.15) is 11.8 Å². The molecule has 0 radical (unpaired) electrons. The summed E-state index contributed by atoms with van der Waals surface area (Å²) in [4.78, 5) is 42.2. The van der Waals surface area contributed by atoms with E-state index in [1.807, 2.05) is 25.1 Å². The highest BCUT2D eigenvalue weighted by Crippen LogP contribution is 2.51. The first-order valence-electron chi connectivity index (χ1n) is 10.6. The van der Waals surface area contributed by atoms with Gasteiger partial charge in [0.15, 0.2) is 0 Å². The zero-order valence-corrected chi connectivity index (χ0v) is 17.8. The van der Waals surface area contributed by atoms with Crippen LogP contribution in [-0.2, 0) is 19.9 Å². The van der Waals surface area contributed by atoms with Crippen LogP contribution in [0.4, 0.5) is 5.69 Å². The highest BCUT2D eigenvalue weighted by atomic mass is 32.2. The molecule has 2 saturated heterocycles. The van der Waals surface area contributed by atoms with E-state index < -0.39 is 17.4 Å². The molecule has 3 aliphatic heterocycles. The van der Waals surface area contributed by atoms with Gasteiger partial charge >= 0.3 is 0 Å². The number of likely N-dealkylation sites (tertiary alicyclic amines) is 1. The van der Waals surface area contributed by atoms with Crippen LogP contribution >= 0.6 is 11.8 Å². The standard InChI is InChI=1S/C22H27N3O3S/c1-12-6-5-9-14-18(12)23-21(28)22(14)17-16(15(24-22)10-11-29-2)19(26)25(20(17)27)13-7-3-4-8-13/h5-6,9,13,15-17,24H,3-4,7-8,10-11H2,1-2H3,(H,23,28)/p+1/t15-,16+,17-,22-/m0/s1. The van der Waals surface area contributed by atoms with Crippen molar-refractivity contribution in [2.75, 3.05) is 17.3 Å². The number of carbonyl (C=O) groups excluding carboxylic acids is 3. The maximum atomic E-state index is 13.7. The normalized spacial score (nSPS) is 33.7. The molecular formula is C22H28N3O3S+. The summed E-state index contributed by atoms with van der Waals surface area (Å²) in [6.07, 6.45) is 6.78. The van der Waals surface area contributed by atoms with Gasteiger partial charge in [-0.1, -0.05) is 31.0 Å². The first-order valence-corrected chi connectivity index (χ1v) is 12.0. The van der Waals surface area contributed by atoms with Gasteiger partial charge in [0.05, 0.1) is 5.69 Å². The van der Waals surface area contributed by atoms with E-state index in [9.17, 15) is 14.4 Å². The molecule has 6 nitrogen and oxygen atoms in total. The van der Waals surface area contributed by atoms with Gasteiger partial charge in [0.2, 0.25) is 17.4 Å². The lowest BCUT2D eigenvalue weighted by molar-refractivity contribution is -0.733. The number of carbonyl (C=O) groups is 3. The number of amides is 3. The molecular weight excluding hydrogens is 386 g/mol. The fourth-order valence-electron chi connectivity index (χ4n) is 6.20. The maximum Gasteiger partial charge on any atom is 0.291 e. The summed E-state index contributed by atoms with van der Waals surface area (Å²) < 4.78 is 0. The molecule has 7 heteroatoms. The Labute approximate surface area is 175 Å². The van der Waals surface area contributed by atoms with E-state index in [1.54, 1.807) is 16.7 Å². The number of benzene rings is 1. The molecule has 1 saturated carbocycles. The molecule has 4 atom stereocenters. The number of thioether (sulfide) groups is 1. The van der Waals surface area contributed by atoms with Crippen LogP contribution < -0.4 is 10.6 Å². The molecule has 0 bridgehead atoms.